The molecule has 1 aliphatic rings. The molecule has 1 aromatic heterocycles. The van der Waals surface area contributed by atoms with Crippen LogP contribution in [0.4, 0.5) is 4.39 Å². The number of rotatable bonds is 6. The molecule has 0 saturated carbocycles. The standard InChI is InChI=1S/C19H24FN3O2/c1-3-5-17-18(13(2)21-12-16-6-4-11-25-16)19(24)23(22-17)15-9-7-14(20)8-10-15/h7-10,16,22H,3-6,11-12H2,1-2H3/t16-/m1/s1. The number of ether oxygens (including phenoxy) is 1. The van der Waals surface area contributed by atoms with E-state index in [-0.39, 0.29) is 17.5 Å². The molecule has 1 fully saturated rings. The second-order valence-electron chi connectivity index (χ2n) is 6.39. The normalized spacial score (nSPS) is 18.0. The molecule has 25 heavy (non-hydrogen) atoms. The van der Waals surface area contributed by atoms with Crippen LogP contribution in [0.15, 0.2) is 34.1 Å². The lowest BCUT2D eigenvalue weighted by Crippen LogP contribution is -2.20. The molecule has 1 atom stereocenters. The van der Waals surface area contributed by atoms with Crippen LogP contribution in [0.2, 0.25) is 0 Å². The number of aromatic amines is 1. The van der Waals surface area contributed by atoms with Crippen LogP contribution in [0.5, 0.6) is 0 Å². The van der Waals surface area contributed by atoms with Crippen LogP contribution in [-0.2, 0) is 11.2 Å². The molecule has 0 aliphatic carbocycles. The van der Waals surface area contributed by atoms with Crippen molar-refractivity contribution in [1.29, 1.82) is 0 Å². The van der Waals surface area contributed by atoms with Crippen LogP contribution in [-0.4, -0.2) is 34.7 Å². The first kappa shape index (κ1) is 17.6. The number of nitrogens with one attached hydrogen (secondary N) is 1. The van der Waals surface area contributed by atoms with Gasteiger partial charge in [-0.15, -0.1) is 0 Å². The molecule has 2 heterocycles. The van der Waals surface area contributed by atoms with Gasteiger partial charge in [-0.2, -0.15) is 0 Å². The minimum absolute atomic E-state index is 0.149. The highest BCUT2D eigenvalue weighted by atomic mass is 19.1. The topological polar surface area (TPSA) is 59.4 Å². The number of benzene rings is 1. The first-order chi connectivity index (χ1) is 12.1. The Hall–Kier alpha value is -2.21. The molecule has 0 unspecified atom stereocenters. The van der Waals surface area contributed by atoms with E-state index < -0.39 is 0 Å². The Morgan fingerprint density at radius 2 is 2.16 bits per heavy atom. The van der Waals surface area contributed by atoms with Crippen LogP contribution in [0.1, 0.15) is 44.4 Å². The Morgan fingerprint density at radius 1 is 1.40 bits per heavy atom. The van der Waals surface area contributed by atoms with E-state index in [1.54, 1.807) is 12.1 Å². The molecule has 0 spiro atoms. The first-order valence-corrected chi connectivity index (χ1v) is 8.83. The predicted octanol–water partition coefficient (Wildman–Crippen LogP) is 3.25. The van der Waals surface area contributed by atoms with Gasteiger partial charge in [-0.3, -0.25) is 14.9 Å². The summed E-state index contributed by atoms with van der Waals surface area (Å²) in [7, 11) is 0. The molecule has 0 amide bonds. The lowest BCUT2D eigenvalue weighted by Gasteiger charge is -2.06. The summed E-state index contributed by atoms with van der Waals surface area (Å²) in [6.07, 6.45) is 3.91. The van der Waals surface area contributed by atoms with Crippen molar-refractivity contribution in [3.8, 4) is 5.69 Å². The molecule has 1 N–H and O–H groups in total. The number of hydrogen-bond acceptors (Lipinski definition) is 3. The lowest BCUT2D eigenvalue weighted by atomic mass is 10.1. The highest BCUT2D eigenvalue weighted by Crippen LogP contribution is 2.14. The fraction of sp³-hybridized carbons (Fsp3) is 0.474. The largest absolute Gasteiger partial charge is 0.376 e. The Bertz CT molecular complexity index is 799. The average Bonchev–Trinajstić information content (AvgIpc) is 3.22. The van der Waals surface area contributed by atoms with Gasteiger partial charge in [0, 0.05) is 18.0 Å². The van der Waals surface area contributed by atoms with Crippen LogP contribution in [0.3, 0.4) is 0 Å². The zero-order valence-corrected chi connectivity index (χ0v) is 14.7. The second kappa shape index (κ2) is 7.78. The fourth-order valence-corrected chi connectivity index (χ4v) is 3.16. The molecule has 1 aliphatic heterocycles. The average molecular weight is 345 g/mol. The van der Waals surface area contributed by atoms with Gasteiger partial charge < -0.3 is 4.74 Å². The van der Waals surface area contributed by atoms with Gasteiger partial charge in [0.2, 0.25) is 0 Å². The van der Waals surface area contributed by atoms with Crippen LogP contribution >= 0.6 is 0 Å². The maximum absolute atomic E-state index is 13.2. The highest BCUT2D eigenvalue weighted by molar-refractivity contribution is 5.99. The van der Waals surface area contributed by atoms with Crippen molar-refractivity contribution in [1.82, 2.24) is 9.78 Å². The van der Waals surface area contributed by atoms with Crippen molar-refractivity contribution in [2.45, 2.75) is 45.6 Å². The molecule has 1 aromatic carbocycles. The molecule has 134 valence electrons. The minimum Gasteiger partial charge on any atom is -0.376 e. The van der Waals surface area contributed by atoms with E-state index >= 15 is 0 Å². The minimum atomic E-state index is -0.327. The van der Waals surface area contributed by atoms with E-state index in [9.17, 15) is 9.18 Å². The van der Waals surface area contributed by atoms with E-state index in [0.29, 0.717) is 17.8 Å². The Balaban J connectivity index is 1.95. The number of H-pyrrole nitrogens is 1. The van der Waals surface area contributed by atoms with Gasteiger partial charge >= 0.3 is 0 Å². The Labute approximate surface area is 146 Å². The molecule has 5 nitrogen and oxygen atoms in total. The number of nitrogens with zero attached hydrogens (tertiary/aromatic N) is 2. The monoisotopic (exact) mass is 345 g/mol. The summed E-state index contributed by atoms with van der Waals surface area (Å²) < 4.78 is 20.2. The van der Waals surface area contributed by atoms with Gasteiger partial charge in [0.1, 0.15) is 5.82 Å². The zero-order valence-electron chi connectivity index (χ0n) is 14.7. The smallest absolute Gasteiger partial charge is 0.280 e. The Morgan fingerprint density at radius 3 is 2.80 bits per heavy atom. The molecule has 6 heteroatoms. The highest BCUT2D eigenvalue weighted by Gasteiger charge is 2.19. The zero-order chi connectivity index (χ0) is 17.8. The summed E-state index contributed by atoms with van der Waals surface area (Å²) in [6.45, 7) is 5.31. The molecule has 0 bridgehead atoms. The summed E-state index contributed by atoms with van der Waals surface area (Å²) in [4.78, 5) is 17.5. The molecule has 1 saturated heterocycles. The van der Waals surface area contributed by atoms with Gasteiger partial charge in [0.05, 0.1) is 23.9 Å². The van der Waals surface area contributed by atoms with E-state index in [1.165, 1.54) is 16.8 Å². The number of halogens is 1. The fourth-order valence-electron chi connectivity index (χ4n) is 3.16. The van der Waals surface area contributed by atoms with Gasteiger partial charge in [-0.25, -0.2) is 9.07 Å². The lowest BCUT2D eigenvalue weighted by molar-refractivity contribution is 0.118. The van der Waals surface area contributed by atoms with Gasteiger partial charge in [0.25, 0.3) is 5.56 Å². The summed E-state index contributed by atoms with van der Waals surface area (Å²) in [5, 5.41) is 3.17. The van der Waals surface area contributed by atoms with Gasteiger partial charge in [-0.05, 0) is 50.5 Å². The van der Waals surface area contributed by atoms with E-state index in [1.807, 2.05) is 6.92 Å². The van der Waals surface area contributed by atoms with Crippen molar-refractivity contribution in [3.05, 3.63) is 51.7 Å². The third-order valence-corrected chi connectivity index (χ3v) is 4.47. The summed E-state index contributed by atoms with van der Waals surface area (Å²) in [5.41, 5.74) is 2.67. The van der Waals surface area contributed by atoms with Gasteiger partial charge in [-0.1, -0.05) is 13.3 Å². The summed E-state index contributed by atoms with van der Waals surface area (Å²) >= 11 is 0. The molecular weight excluding hydrogens is 321 g/mol. The van der Waals surface area contributed by atoms with Crippen LogP contribution in [0, 0.1) is 5.82 Å². The molecule has 2 aromatic rings. The van der Waals surface area contributed by atoms with Crippen molar-refractivity contribution in [2.75, 3.05) is 13.2 Å². The van der Waals surface area contributed by atoms with Crippen molar-refractivity contribution in [3.63, 3.8) is 0 Å². The molecule has 3 rings (SSSR count). The summed E-state index contributed by atoms with van der Waals surface area (Å²) in [5.74, 6) is -0.327. The predicted molar refractivity (Wildman–Crippen MR) is 96.4 cm³/mol. The van der Waals surface area contributed by atoms with Crippen LogP contribution in [0.25, 0.3) is 5.69 Å². The third kappa shape index (κ3) is 3.90. The Kier molecular flexibility index (Phi) is 5.48. The number of aryl methyl sites for hydroxylation is 1. The van der Waals surface area contributed by atoms with Crippen molar-refractivity contribution in [2.24, 2.45) is 4.99 Å². The van der Waals surface area contributed by atoms with Crippen molar-refractivity contribution >= 4 is 5.71 Å². The first-order valence-electron chi connectivity index (χ1n) is 8.83. The number of aromatic nitrogens is 2. The van der Waals surface area contributed by atoms with Gasteiger partial charge in [0.15, 0.2) is 0 Å². The quantitative estimate of drug-likeness (QED) is 0.817. The molecular formula is C19H24FN3O2. The maximum Gasteiger partial charge on any atom is 0.280 e. The number of aliphatic imine (C=N–C) groups is 1. The van der Waals surface area contributed by atoms with E-state index in [2.05, 4.69) is 17.0 Å². The maximum atomic E-state index is 13.2. The third-order valence-electron chi connectivity index (χ3n) is 4.47. The van der Waals surface area contributed by atoms with E-state index in [0.717, 1.165) is 43.7 Å². The van der Waals surface area contributed by atoms with Crippen molar-refractivity contribution < 1.29 is 9.13 Å². The van der Waals surface area contributed by atoms with E-state index in [4.69, 9.17) is 4.74 Å². The number of hydrogen-bond donors (Lipinski definition) is 1. The van der Waals surface area contributed by atoms with Crippen LogP contribution < -0.4 is 5.56 Å². The summed E-state index contributed by atoms with van der Waals surface area (Å²) in [6, 6.07) is 5.87. The second-order valence-corrected chi connectivity index (χ2v) is 6.39. The SMILES string of the molecule is CCCc1[nH]n(-c2ccc(F)cc2)c(=O)c1C(C)=NC[C@H]1CCCO1. The molecule has 0 radical (unpaired) electrons.